The summed E-state index contributed by atoms with van der Waals surface area (Å²) in [5.41, 5.74) is 0.330. The zero-order valence-electron chi connectivity index (χ0n) is 7.07. The predicted octanol–water partition coefficient (Wildman–Crippen LogP) is 0.802. The van der Waals surface area contributed by atoms with Crippen LogP contribution in [0, 0.1) is 0 Å². The molecule has 0 saturated carbocycles. The highest BCUT2D eigenvalue weighted by molar-refractivity contribution is 7.67. The molecule has 0 atom stereocenters. The Kier molecular flexibility index (Phi) is 5.36. The Labute approximate surface area is 73.4 Å². The van der Waals surface area contributed by atoms with Gasteiger partial charge in [-0.3, -0.25) is 0 Å². The zero-order valence-corrected chi connectivity index (χ0v) is 7.97. The van der Waals surface area contributed by atoms with E-state index in [1.54, 1.807) is 6.08 Å². The van der Waals surface area contributed by atoms with Crippen LogP contribution in [-0.2, 0) is 20.0 Å². The number of unbranched alkanes of at least 4 members (excludes halogenated alkanes) is 1. The van der Waals surface area contributed by atoms with Gasteiger partial charge in [-0.1, -0.05) is 19.4 Å². The van der Waals surface area contributed by atoms with Crippen LogP contribution in [0.3, 0.4) is 0 Å². The van der Waals surface area contributed by atoms with Gasteiger partial charge >= 0.3 is 17.0 Å². The van der Waals surface area contributed by atoms with Gasteiger partial charge in [-0.15, -0.1) is 0 Å². The minimum atomic E-state index is -3.08. The smallest absolute Gasteiger partial charge is 0.343 e. The molecule has 4 nitrogen and oxygen atoms in total. The zero-order chi connectivity index (χ0) is 9.56. The van der Waals surface area contributed by atoms with Crippen molar-refractivity contribution in [1.82, 2.24) is 0 Å². The number of hydrogen-bond donors (Lipinski definition) is 1. The van der Waals surface area contributed by atoms with E-state index < -0.39 is 17.0 Å². The molecule has 0 saturated heterocycles. The first-order valence-corrected chi connectivity index (χ1v) is 4.71. The van der Waals surface area contributed by atoms with E-state index in [9.17, 15) is 13.2 Å². The van der Waals surface area contributed by atoms with E-state index >= 15 is 0 Å². The maximum Gasteiger partial charge on any atom is 0.348 e. The van der Waals surface area contributed by atoms with Gasteiger partial charge in [-0.2, -0.15) is 8.42 Å². The lowest BCUT2D eigenvalue weighted by Crippen LogP contribution is -2.03. The summed E-state index contributed by atoms with van der Waals surface area (Å²) in [6.07, 6.45) is 3.31. The van der Waals surface area contributed by atoms with Crippen LogP contribution >= 0.6 is 0 Å². The van der Waals surface area contributed by atoms with Crippen molar-refractivity contribution in [3.05, 3.63) is 11.6 Å². The van der Waals surface area contributed by atoms with Crippen LogP contribution in [0.15, 0.2) is 11.6 Å². The largest absolute Gasteiger partial charge is 0.348 e. The van der Waals surface area contributed by atoms with Crippen LogP contribution in [-0.4, -0.2) is 14.4 Å². The van der Waals surface area contributed by atoms with Crippen molar-refractivity contribution in [3.8, 4) is 0 Å². The number of hydrogen-bond acceptors (Lipinski definition) is 4. The second-order valence-corrected chi connectivity index (χ2v) is 2.91. The average Bonchev–Trinajstić information content (AvgIpc) is 1.98. The molecule has 0 aromatic carbocycles. The van der Waals surface area contributed by atoms with Gasteiger partial charge in [0.1, 0.15) is 0 Å². The van der Waals surface area contributed by atoms with Crippen molar-refractivity contribution in [2.24, 2.45) is 0 Å². The lowest BCUT2D eigenvalue weighted by atomic mass is 10.2. The van der Waals surface area contributed by atoms with E-state index in [2.05, 4.69) is 4.18 Å². The van der Waals surface area contributed by atoms with E-state index in [0.29, 0.717) is 5.57 Å². The Hall–Kier alpha value is -0.840. The Bertz CT molecular complexity index is 244. The van der Waals surface area contributed by atoms with E-state index in [-0.39, 0.29) is 0 Å². The van der Waals surface area contributed by atoms with E-state index in [0.717, 1.165) is 12.8 Å². The highest BCUT2D eigenvalue weighted by Crippen LogP contribution is 2.00. The second-order valence-electron chi connectivity index (χ2n) is 2.28. The summed E-state index contributed by atoms with van der Waals surface area (Å²) < 4.78 is 23.9. The van der Waals surface area contributed by atoms with E-state index in [4.69, 9.17) is 0 Å². The minimum absolute atomic E-state index is 0.330. The van der Waals surface area contributed by atoms with Gasteiger partial charge in [-0.05, 0) is 13.3 Å². The Morgan fingerprint density at radius 2 is 2.08 bits per heavy atom. The standard InChI is InChI=1S/C7H12O4S/c1-3-4-5-6(2)7(8)11-12(9)10/h5,12H,3-4H2,1-2H3. The average molecular weight is 192 g/mol. The van der Waals surface area contributed by atoms with Crippen LogP contribution < -0.4 is 0 Å². The highest BCUT2D eigenvalue weighted by Gasteiger charge is 2.04. The van der Waals surface area contributed by atoms with Crippen LogP contribution in [0.2, 0.25) is 0 Å². The molecule has 0 unspecified atom stereocenters. The molecule has 0 aliphatic carbocycles. The topological polar surface area (TPSA) is 60.4 Å². The fourth-order valence-electron chi connectivity index (χ4n) is 0.584. The van der Waals surface area contributed by atoms with Crippen LogP contribution in [0.5, 0.6) is 0 Å². The molecule has 12 heavy (non-hydrogen) atoms. The third-order valence-electron chi connectivity index (χ3n) is 1.22. The Morgan fingerprint density at radius 3 is 2.50 bits per heavy atom. The molecule has 5 heteroatoms. The summed E-state index contributed by atoms with van der Waals surface area (Å²) in [5.74, 6) is -0.792. The maximum atomic E-state index is 10.8. The third-order valence-corrected chi connectivity index (χ3v) is 1.53. The first kappa shape index (κ1) is 11.2. The SMILES string of the molecule is CCCC=C(C)C(=O)O[SH](=O)=O. The number of allylic oxidation sites excluding steroid dienone is 1. The van der Waals surface area contributed by atoms with E-state index in [1.807, 2.05) is 6.92 Å². The molecule has 0 rings (SSSR count). The number of carbonyl (C=O) groups excluding carboxylic acids is 1. The van der Waals surface area contributed by atoms with Crippen molar-refractivity contribution in [1.29, 1.82) is 0 Å². The lowest BCUT2D eigenvalue weighted by Gasteiger charge is -1.95. The van der Waals surface area contributed by atoms with Crippen molar-refractivity contribution < 1.29 is 17.4 Å². The highest BCUT2D eigenvalue weighted by atomic mass is 32.2. The van der Waals surface area contributed by atoms with Crippen LogP contribution in [0.4, 0.5) is 0 Å². The molecule has 0 heterocycles. The fourth-order valence-corrected chi connectivity index (χ4v) is 0.863. The molecule has 0 amide bonds. The van der Waals surface area contributed by atoms with Crippen molar-refractivity contribution in [2.45, 2.75) is 26.7 Å². The van der Waals surface area contributed by atoms with Gasteiger partial charge in [0.25, 0.3) is 0 Å². The maximum absolute atomic E-state index is 10.8. The summed E-state index contributed by atoms with van der Waals surface area (Å²) in [5, 5.41) is 0. The number of thiol groups is 1. The molecule has 0 aromatic heterocycles. The summed E-state index contributed by atoms with van der Waals surface area (Å²) >= 11 is 0. The predicted molar refractivity (Wildman–Crippen MR) is 45.1 cm³/mol. The summed E-state index contributed by atoms with van der Waals surface area (Å²) in [4.78, 5) is 10.8. The Morgan fingerprint density at radius 1 is 1.50 bits per heavy atom. The third kappa shape index (κ3) is 4.90. The summed E-state index contributed by atoms with van der Waals surface area (Å²) in [7, 11) is -3.08. The van der Waals surface area contributed by atoms with Crippen LogP contribution in [0.1, 0.15) is 26.7 Å². The Balaban J connectivity index is 4.09. The van der Waals surface area contributed by atoms with Crippen LogP contribution in [0.25, 0.3) is 0 Å². The molecule has 0 aliphatic heterocycles. The van der Waals surface area contributed by atoms with Crippen molar-refractivity contribution in [3.63, 3.8) is 0 Å². The van der Waals surface area contributed by atoms with Gasteiger partial charge in [0, 0.05) is 5.57 Å². The molecule has 0 radical (unpaired) electrons. The summed E-state index contributed by atoms with van der Waals surface area (Å²) in [6, 6.07) is 0. The number of rotatable bonds is 4. The molecule has 0 aliphatic rings. The second kappa shape index (κ2) is 5.77. The molecular formula is C7H12O4S. The van der Waals surface area contributed by atoms with Crippen molar-refractivity contribution in [2.75, 3.05) is 0 Å². The van der Waals surface area contributed by atoms with Gasteiger partial charge in [0.05, 0.1) is 0 Å². The van der Waals surface area contributed by atoms with Gasteiger partial charge < -0.3 is 4.18 Å². The van der Waals surface area contributed by atoms with Gasteiger partial charge in [0.2, 0.25) is 0 Å². The molecule has 0 bridgehead atoms. The quantitative estimate of drug-likeness (QED) is 0.528. The molecule has 70 valence electrons. The van der Waals surface area contributed by atoms with Crippen molar-refractivity contribution >= 4 is 17.0 Å². The lowest BCUT2D eigenvalue weighted by molar-refractivity contribution is -0.129. The molecule has 0 N–H and O–H groups in total. The molecule has 0 aromatic rings. The molecule has 0 fully saturated rings. The van der Waals surface area contributed by atoms with Gasteiger partial charge in [0.15, 0.2) is 0 Å². The molecule has 0 spiro atoms. The number of carbonyl (C=O) groups is 1. The fraction of sp³-hybridized carbons (Fsp3) is 0.571. The normalized spacial score (nSPS) is 11.8. The monoisotopic (exact) mass is 192 g/mol. The molecular weight excluding hydrogens is 180 g/mol. The van der Waals surface area contributed by atoms with Gasteiger partial charge in [-0.25, -0.2) is 4.79 Å². The summed E-state index contributed by atoms with van der Waals surface area (Å²) in [6.45, 7) is 3.49. The van der Waals surface area contributed by atoms with E-state index in [1.165, 1.54) is 6.92 Å². The first-order valence-electron chi connectivity index (χ1n) is 3.61. The first-order chi connectivity index (χ1) is 5.57. The minimum Gasteiger partial charge on any atom is -0.343 e.